The van der Waals surface area contributed by atoms with E-state index in [1.54, 1.807) is 0 Å². The minimum atomic E-state index is -1.54. The van der Waals surface area contributed by atoms with Gasteiger partial charge >= 0.3 is 0 Å². The average molecular weight is 391 g/mol. The van der Waals surface area contributed by atoms with E-state index in [4.69, 9.17) is 4.43 Å². The first kappa shape index (κ1) is 21.3. The molecule has 3 aliphatic carbocycles. The van der Waals surface area contributed by atoms with Crippen LogP contribution in [0.25, 0.3) is 0 Å². The molecule has 5 unspecified atom stereocenters. The summed E-state index contributed by atoms with van der Waals surface area (Å²) < 4.78 is 7.04. The highest BCUT2D eigenvalue weighted by molar-refractivity contribution is 6.73. The number of fused-ring (bicyclic) bond motifs is 1. The van der Waals surface area contributed by atoms with Crippen molar-refractivity contribution in [3.05, 3.63) is 12.2 Å². The van der Waals surface area contributed by atoms with Crippen LogP contribution in [0.3, 0.4) is 0 Å². The summed E-state index contributed by atoms with van der Waals surface area (Å²) in [6, 6.07) is 3.77. The van der Waals surface area contributed by atoms with Crippen LogP contribution in [0, 0.1) is 29.1 Å². The van der Waals surface area contributed by atoms with Crippen LogP contribution in [0.15, 0.2) is 12.2 Å². The molecule has 0 aromatic rings. The lowest BCUT2D eigenvalue weighted by molar-refractivity contribution is -0.115. The van der Waals surface area contributed by atoms with Gasteiger partial charge in [0.2, 0.25) is 0 Å². The second-order valence-electron chi connectivity index (χ2n) is 9.98. The molecule has 3 heteroatoms. The van der Waals surface area contributed by atoms with E-state index in [9.17, 15) is 4.79 Å². The third-order valence-corrected chi connectivity index (χ3v) is 13.3. The summed E-state index contributed by atoms with van der Waals surface area (Å²) in [7, 11) is -1.54. The van der Waals surface area contributed by atoms with Gasteiger partial charge in [0.1, 0.15) is 0 Å². The van der Waals surface area contributed by atoms with E-state index in [-0.39, 0.29) is 0 Å². The molecule has 0 saturated heterocycles. The molecule has 27 heavy (non-hydrogen) atoms. The summed E-state index contributed by atoms with van der Waals surface area (Å²) in [5, 5.41) is 0. The molecule has 3 rings (SSSR count). The highest BCUT2D eigenvalue weighted by Gasteiger charge is 2.53. The molecular formula is C24H42O2Si. The first-order valence-corrected chi connectivity index (χ1v) is 14.3. The average Bonchev–Trinajstić information content (AvgIpc) is 3.46. The number of rotatable bonds is 9. The van der Waals surface area contributed by atoms with Gasteiger partial charge in [0.15, 0.2) is 14.1 Å². The summed E-state index contributed by atoms with van der Waals surface area (Å²) >= 11 is 0. The highest BCUT2D eigenvalue weighted by Crippen LogP contribution is 2.59. The zero-order valence-electron chi connectivity index (χ0n) is 18.4. The maximum absolute atomic E-state index is 12.1. The van der Waals surface area contributed by atoms with Crippen molar-refractivity contribution in [1.29, 1.82) is 0 Å². The molecule has 0 radical (unpaired) electrons. The van der Waals surface area contributed by atoms with Crippen molar-refractivity contribution in [2.24, 2.45) is 29.1 Å². The van der Waals surface area contributed by atoms with Gasteiger partial charge in [0.05, 0.1) is 0 Å². The molecule has 0 heterocycles. The van der Waals surface area contributed by atoms with Gasteiger partial charge in [0.25, 0.3) is 0 Å². The Morgan fingerprint density at radius 1 is 1.11 bits per heavy atom. The Kier molecular flexibility index (Phi) is 6.73. The minimum Gasteiger partial charge on any atom is -0.414 e. The van der Waals surface area contributed by atoms with Crippen molar-refractivity contribution < 1.29 is 9.22 Å². The molecule has 2 nitrogen and oxygen atoms in total. The Morgan fingerprint density at radius 3 is 2.37 bits per heavy atom. The molecule has 3 saturated carbocycles. The molecule has 0 bridgehead atoms. The van der Waals surface area contributed by atoms with Crippen molar-refractivity contribution in [3.63, 3.8) is 0 Å². The molecule has 3 fully saturated rings. The van der Waals surface area contributed by atoms with Crippen molar-refractivity contribution in [3.8, 4) is 0 Å². The Labute approximate surface area is 168 Å². The monoisotopic (exact) mass is 390 g/mol. The van der Waals surface area contributed by atoms with Crippen LogP contribution in [0.5, 0.6) is 0 Å². The zero-order valence-corrected chi connectivity index (χ0v) is 19.4. The van der Waals surface area contributed by atoms with E-state index in [0.717, 1.165) is 18.8 Å². The molecule has 0 aliphatic heterocycles. The Balaban J connectivity index is 1.70. The van der Waals surface area contributed by atoms with Gasteiger partial charge in [-0.25, -0.2) is 0 Å². The van der Waals surface area contributed by atoms with Gasteiger partial charge < -0.3 is 4.43 Å². The van der Waals surface area contributed by atoms with Gasteiger partial charge in [0, 0.05) is 12.0 Å². The predicted molar refractivity (Wildman–Crippen MR) is 116 cm³/mol. The fraction of sp³-hybridized carbons (Fsp3) is 0.875. The van der Waals surface area contributed by atoms with E-state index in [1.807, 2.05) is 6.08 Å². The van der Waals surface area contributed by atoms with Gasteiger partial charge in [-0.3, -0.25) is 4.79 Å². The molecule has 154 valence electrons. The maximum atomic E-state index is 12.1. The van der Waals surface area contributed by atoms with Crippen LogP contribution in [-0.2, 0) is 9.22 Å². The second kappa shape index (κ2) is 8.53. The van der Waals surface area contributed by atoms with E-state index in [1.165, 1.54) is 50.2 Å². The lowest BCUT2D eigenvalue weighted by atomic mass is 9.62. The highest BCUT2D eigenvalue weighted by atomic mass is 28.4. The Bertz CT molecular complexity index is 540. The Hall–Kier alpha value is -0.413. The van der Waals surface area contributed by atoms with Gasteiger partial charge in [-0.1, -0.05) is 47.1 Å². The molecule has 0 aromatic heterocycles. The second-order valence-corrected chi connectivity index (χ2v) is 14.7. The molecule has 3 aliphatic rings. The molecule has 0 spiro atoms. The Morgan fingerprint density at radius 2 is 1.78 bits per heavy atom. The summed E-state index contributed by atoms with van der Waals surface area (Å²) in [6.07, 6.45) is 13.4. The fourth-order valence-electron chi connectivity index (χ4n) is 6.37. The summed E-state index contributed by atoms with van der Waals surface area (Å²) in [5.41, 5.74) is 0.394. The number of carbonyl (C=O) groups excluding carboxylic acids is 1. The number of hydrogen-bond donors (Lipinski definition) is 0. The normalized spacial score (nSPS) is 35.4. The van der Waals surface area contributed by atoms with E-state index < -0.39 is 8.32 Å². The molecular weight excluding hydrogens is 348 g/mol. The molecule has 0 amide bonds. The van der Waals surface area contributed by atoms with E-state index >= 15 is 0 Å². The van der Waals surface area contributed by atoms with Crippen molar-refractivity contribution in [2.45, 2.75) is 104 Å². The van der Waals surface area contributed by atoms with Crippen molar-refractivity contribution in [2.75, 3.05) is 0 Å². The lowest BCUT2D eigenvalue weighted by Crippen LogP contribution is -2.48. The molecule has 0 aromatic carbocycles. The van der Waals surface area contributed by atoms with Crippen LogP contribution in [0.4, 0.5) is 0 Å². The molecule has 0 N–H and O–H groups in total. The van der Waals surface area contributed by atoms with E-state index in [2.05, 4.69) is 40.7 Å². The number of ketones is 1. The third kappa shape index (κ3) is 4.29. The smallest absolute Gasteiger partial charge is 0.192 e. The van der Waals surface area contributed by atoms with Crippen molar-refractivity contribution in [1.82, 2.24) is 0 Å². The quantitative estimate of drug-likeness (QED) is 0.321. The molecule has 5 atom stereocenters. The summed E-state index contributed by atoms with van der Waals surface area (Å²) in [5.74, 6) is 2.66. The maximum Gasteiger partial charge on any atom is 0.192 e. The summed E-state index contributed by atoms with van der Waals surface area (Å²) in [6.45, 7) is 11.9. The van der Waals surface area contributed by atoms with Gasteiger partial charge in [-0.15, -0.1) is 0 Å². The van der Waals surface area contributed by atoms with E-state index in [0.29, 0.717) is 35.1 Å². The fourth-order valence-corrected chi connectivity index (χ4v) is 9.29. The predicted octanol–water partition coefficient (Wildman–Crippen LogP) is 6.76. The van der Waals surface area contributed by atoms with Crippen LogP contribution in [0.2, 0.25) is 18.1 Å². The topological polar surface area (TPSA) is 26.3 Å². The van der Waals surface area contributed by atoms with Crippen molar-refractivity contribution >= 4 is 14.1 Å². The van der Waals surface area contributed by atoms with Crippen LogP contribution < -0.4 is 0 Å². The standard InChI is InChI=1S/C24H42O2Si/c1-6-27(7-2,8-3)26-23-10-9-17-24(5)20(14-15-21(23)24)18(4)11-16-22(25)19-12-13-19/h11,16,18-21,23H,6-10,12-15,17H2,1-5H3. The minimum absolute atomic E-state index is 0.350. The number of allylic oxidation sites excluding steroid dienone is 2. The van der Waals surface area contributed by atoms with Crippen LogP contribution >= 0.6 is 0 Å². The lowest BCUT2D eigenvalue weighted by Gasteiger charge is -2.48. The number of hydrogen-bond acceptors (Lipinski definition) is 2. The van der Waals surface area contributed by atoms with Crippen LogP contribution in [0.1, 0.15) is 79.6 Å². The number of carbonyl (C=O) groups is 1. The first-order valence-electron chi connectivity index (χ1n) is 11.8. The first-order chi connectivity index (χ1) is 12.9. The van der Waals surface area contributed by atoms with Gasteiger partial charge in [-0.05, 0) is 85.9 Å². The largest absolute Gasteiger partial charge is 0.414 e. The SMILES string of the molecule is CC[Si](CC)(CC)OC1CCCC2(C)C(C(C)C=CC(=O)C3CC3)CCC12. The van der Waals surface area contributed by atoms with Gasteiger partial charge in [-0.2, -0.15) is 0 Å². The zero-order chi connectivity index (χ0) is 19.7. The van der Waals surface area contributed by atoms with Crippen LogP contribution in [-0.4, -0.2) is 20.2 Å². The summed E-state index contributed by atoms with van der Waals surface area (Å²) in [4.78, 5) is 12.1. The third-order valence-electron chi connectivity index (χ3n) is 8.65.